The van der Waals surface area contributed by atoms with Gasteiger partial charge in [-0.25, -0.2) is 9.59 Å². The van der Waals surface area contributed by atoms with Crippen molar-refractivity contribution in [1.82, 2.24) is 9.55 Å². The average molecular weight is 454 g/mol. The molecule has 1 aromatic heterocycles. The second-order valence-electron chi connectivity index (χ2n) is 8.58. The van der Waals surface area contributed by atoms with Crippen molar-refractivity contribution < 1.29 is 23.8 Å². The summed E-state index contributed by atoms with van der Waals surface area (Å²) in [6, 6.07) is 1.54. The number of hydrogen-bond acceptors (Lipinski definition) is 8. The number of carbonyl (C=O) groups is 2. The summed E-state index contributed by atoms with van der Waals surface area (Å²) in [5.74, 6) is 1.74. The Morgan fingerprint density at radius 2 is 2.16 bits per heavy atom. The van der Waals surface area contributed by atoms with Crippen LogP contribution in [0.4, 0.5) is 10.6 Å². The van der Waals surface area contributed by atoms with Crippen molar-refractivity contribution in [2.45, 2.75) is 64.7 Å². The number of rotatable bonds is 6. The van der Waals surface area contributed by atoms with Crippen LogP contribution in [0.5, 0.6) is 0 Å². The minimum atomic E-state index is -0.670. The Hall–Kier alpha value is -2.07. The minimum Gasteiger partial charge on any atom is -0.431 e. The van der Waals surface area contributed by atoms with E-state index in [-0.39, 0.29) is 24.4 Å². The highest BCUT2D eigenvalue weighted by Crippen LogP contribution is 2.36. The van der Waals surface area contributed by atoms with Gasteiger partial charge < -0.3 is 19.5 Å². The lowest BCUT2D eigenvalue weighted by molar-refractivity contribution is -0.114. The van der Waals surface area contributed by atoms with Gasteiger partial charge in [0.05, 0.1) is 0 Å². The van der Waals surface area contributed by atoms with E-state index in [1.165, 1.54) is 35.5 Å². The van der Waals surface area contributed by atoms with Crippen LogP contribution in [-0.4, -0.2) is 45.5 Å². The Bertz CT molecular complexity index is 845. The van der Waals surface area contributed by atoms with Crippen LogP contribution in [0.1, 0.15) is 53.2 Å². The van der Waals surface area contributed by atoms with E-state index in [0.717, 1.165) is 19.3 Å². The predicted molar refractivity (Wildman–Crippen MR) is 117 cm³/mol. The fraction of sp³-hybridized carbons (Fsp3) is 0.714. The number of aromatic nitrogens is 2. The van der Waals surface area contributed by atoms with Gasteiger partial charge in [-0.15, -0.1) is 11.8 Å². The maximum absolute atomic E-state index is 12.3. The van der Waals surface area contributed by atoms with Gasteiger partial charge in [0.15, 0.2) is 0 Å². The van der Waals surface area contributed by atoms with E-state index in [1.54, 1.807) is 0 Å². The first-order valence-electron chi connectivity index (χ1n) is 10.7. The Morgan fingerprint density at radius 1 is 1.39 bits per heavy atom. The topological polar surface area (TPSA) is 109 Å². The first-order valence-corrected chi connectivity index (χ1v) is 11.7. The first-order chi connectivity index (χ1) is 14.7. The van der Waals surface area contributed by atoms with E-state index in [2.05, 4.69) is 31.1 Å². The van der Waals surface area contributed by atoms with Crippen LogP contribution in [0.2, 0.25) is 0 Å². The summed E-state index contributed by atoms with van der Waals surface area (Å²) in [5, 5.41) is 2.47. The monoisotopic (exact) mass is 453 g/mol. The van der Waals surface area contributed by atoms with Crippen molar-refractivity contribution in [2.75, 3.05) is 17.7 Å². The summed E-state index contributed by atoms with van der Waals surface area (Å²) in [6.07, 6.45) is 3.29. The van der Waals surface area contributed by atoms with Crippen LogP contribution >= 0.6 is 11.8 Å². The van der Waals surface area contributed by atoms with E-state index >= 15 is 0 Å². The Balaban J connectivity index is 1.48. The fourth-order valence-corrected chi connectivity index (χ4v) is 5.09. The third kappa shape index (κ3) is 6.46. The van der Waals surface area contributed by atoms with Gasteiger partial charge in [0, 0.05) is 18.9 Å². The molecule has 1 aliphatic carbocycles. The highest BCUT2D eigenvalue weighted by Gasteiger charge is 2.34. The zero-order valence-electron chi connectivity index (χ0n) is 18.4. The molecule has 172 valence electrons. The predicted octanol–water partition coefficient (Wildman–Crippen LogP) is 3.40. The molecular formula is C21H31N3O6S. The highest BCUT2D eigenvalue weighted by atomic mass is 32.2. The number of amides is 1. The number of anilines is 1. The Kier molecular flexibility index (Phi) is 7.99. The van der Waals surface area contributed by atoms with Crippen LogP contribution < -0.4 is 11.0 Å². The molecule has 10 heteroatoms. The standard InChI is InChI=1S/C21H31N3O6S/c1-12(2)15-6-5-13(3)9-16(15)29-21(27)28-10-19-30-18(11-31-19)24-8-7-17(22-14(4)25)23-20(24)26/h7-8,12-13,15-16,18-19H,5-6,9-11H2,1-4H3,(H,22,23,25,26)/t13?,15-,16?,18-,19+/m0/s1. The van der Waals surface area contributed by atoms with E-state index in [4.69, 9.17) is 14.2 Å². The SMILES string of the molecule is CC(=O)Nc1ccn([C@@H]2CS[C@H](COC(=O)OC3CC(C)CC[C@H]3C(C)C)O2)c(=O)n1. The lowest BCUT2D eigenvalue weighted by atomic mass is 9.75. The number of hydrogen-bond donors (Lipinski definition) is 1. The molecule has 1 aromatic rings. The highest BCUT2D eigenvalue weighted by molar-refractivity contribution is 8.00. The summed E-state index contributed by atoms with van der Waals surface area (Å²) in [4.78, 5) is 39.4. The molecular weight excluding hydrogens is 422 g/mol. The molecule has 9 nitrogen and oxygen atoms in total. The second-order valence-corrected chi connectivity index (χ2v) is 9.77. The summed E-state index contributed by atoms with van der Waals surface area (Å²) < 4.78 is 18.1. The van der Waals surface area contributed by atoms with Crippen molar-refractivity contribution >= 4 is 29.6 Å². The number of nitrogens with zero attached hydrogens (tertiary/aromatic N) is 2. The average Bonchev–Trinajstić information content (AvgIpc) is 3.14. The Labute approximate surface area is 186 Å². The van der Waals surface area contributed by atoms with E-state index < -0.39 is 23.5 Å². The van der Waals surface area contributed by atoms with Crippen molar-refractivity contribution in [3.8, 4) is 0 Å². The lowest BCUT2D eigenvalue weighted by Crippen LogP contribution is -2.36. The van der Waals surface area contributed by atoms with Crippen LogP contribution in [-0.2, 0) is 19.0 Å². The number of carbonyl (C=O) groups excluding carboxylic acids is 2. The zero-order chi connectivity index (χ0) is 22.5. The molecule has 0 aromatic carbocycles. The maximum atomic E-state index is 12.3. The quantitative estimate of drug-likeness (QED) is 0.653. The molecule has 0 radical (unpaired) electrons. The number of ether oxygens (including phenoxy) is 3. The third-order valence-electron chi connectivity index (χ3n) is 5.72. The molecule has 1 amide bonds. The second kappa shape index (κ2) is 10.5. The van der Waals surface area contributed by atoms with Crippen molar-refractivity contribution in [3.05, 3.63) is 22.7 Å². The molecule has 5 atom stereocenters. The maximum Gasteiger partial charge on any atom is 0.508 e. The summed E-state index contributed by atoms with van der Waals surface area (Å²) in [6.45, 7) is 7.88. The smallest absolute Gasteiger partial charge is 0.431 e. The van der Waals surface area contributed by atoms with Gasteiger partial charge >= 0.3 is 11.8 Å². The molecule has 0 bridgehead atoms. The summed E-state index contributed by atoms with van der Waals surface area (Å²) in [5.41, 5.74) is -0.922. The molecule has 2 aliphatic rings. The van der Waals surface area contributed by atoms with Crippen molar-refractivity contribution in [1.29, 1.82) is 0 Å². The van der Waals surface area contributed by atoms with E-state index in [0.29, 0.717) is 23.5 Å². The number of thioether (sulfide) groups is 1. The van der Waals surface area contributed by atoms with Gasteiger partial charge in [-0.05, 0) is 36.7 Å². The van der Waals surface area contributed by atoms with Crippen LogP contribution in [0.3, 0.4) is 0 Å². The normalized spacial score (nSPS) is 28.4. The van der Waals surface area contributed by atoms with Crippen LogP contribution in [0.25, 0.3) is 0 Å². The molecule has 2 heterocycles. The molecule has 2 unspecified atom stereocenters. The Morgan fingerprint density at radius 3 is 2.84 bits per heavy atom. The molecule has 2 fully saturated rings. The first kappa shape index (κ1) is 23.6. The van der Waals surface area contributed by atoms with Crippen LogP contribution in [0, 0.1) is 17.8 Å². The van der Waals surface area contributed by atoms with Gasteiger partial charge in [0.1, 0.15) is 30.2 Å². The zero-order valence-corrected chi connectivity index (χ0v) is 19.2. The molecule has 3 rings (SSSR count). The largest absolute Gasteiger partial charge is 0.508 e. The summed E-state index contributed by atoms with van der Waals surface area (Å²) >= 11 is 1.45. The van der Waals surface area contributed by atoms with Gasteiger partial charge in [-0.1, -0.05) is 27.2 Å². The molecule has 1 saturated carbocycles. The molecule has 1 N–H and O–H groups in total. The third-order valence-corrected chi connectivity index (χ3v) is 6.82. The van der Waals surface area contributed by atoms with E-state index in [9.17, 15) is 14.4 Å². The molecule has 31 heavy (non-hydrogen) atoms. The van der Waals surface area contributed by atoms with Gasteiger partial charge in [-0.2, -0.15) is 4.98 Å². The van der Waals surface area contributed by atoms with Gasteiger partial charge in [0.2, 0.25) is 5.91 Å². The van der Waals surface area contributed by atoms with Gasteiger partial charge in [-0.3, -0.25) is 9.36 Å². The van der Waals surface area contributed by atoms with Crippen LogP contribution in [0.15, 0.2) is 17.1 Å². The molecule has 1 aliphatic heterocycles. The van der Waals surface area contributed by atoms with E-state index in [1.807, 2.05) is 0 Å². The molecule has 1 saturated heterocycles. The van der Waals surface area contributed by atoms with Crippen molar-refractivity contribution in [3.63, 3.8) is 0 Å². The number of nitrogens with one attached hydrogen (secondary N) is 1. The minimum absolute atomic E-state index is 0.0424. The summed E-state index contributed by atoms with van der Waals surface area (Å²) in [7, 11) is 0. The van der Waals surface area contributed by atoms with Crippen molar-refractivity contribution in [2.24, 2.45) is 17.8 Å². The fourth-order valence-electron chi connectivity index (χ4n) is 4.10. The molecule has 0 spiro atoms. The van der Waals surface area contributed by atoms with Gasteiger partial charge in [0.25, 0.3) is 0 Å². The lowest BCUT2D eigenvalue weighted by Gasteiger charge is -2.36.